The Morgan fingerprint density at radius 2 is 2.16 bits per heavy atom. The van der Waals surface area contributed by atoms with Gasteiger partial charge in [-0.2, -0.15) is 5.10 Å². The second-order valence-electron chi connectivity index (χ2n) is 6.24. The van der Waals surface area contributed by atoms with Crippen LogP contribution in [0.15, 0.2) is 54.7 Å². The molecule has 1 unspecified atom stereocenters. The third kappa shape index (κ3) is 3.70. The van der Waals surface area contributed by atoms with Crippen molar-refractivity contribution in [1.29, 1.82) is 0 Å². The van der Waals surface area contributed by atoms with Crippen LogP contribution in [-0.4, -0.2) is 46.8 Å². The number of nitrogens with one attached hydrogen (secondary N) is 2. The van der Waals surface area contributed by atoms with Crippen molar-refractivity contribution in [1.82, 2.24) is 15.1 Å². The summed E-state index contributed by atoms with van der Waals surface area (Å²) in [6, 6.07) is 16.0. The molecule has 1 saturated heterocycles. The van der Waals surface area contributed by atoms with Crippen LogP contribution in [0.2, 0.25) is 0 Å². The molecule has 4 rings (SSSR count). The summed E-state index contributed by atoms with van der Waals surface area (Å²) in [6.45, 7) is 2.81. The fraction of sp³-hybridized carbons (Fsp3) is 0.263. The maximum absolute atomic E-state index is 12.6. The van der Waals surface area contributed by atoms with Crippen LogP contribution in [-0.2, 0) is 16.1 Å². The van der Waals surface area contributed by atoms with Gasteiger partial charge in [-0.25, -0.2) is 0 Å². The Morgan fingerprint density at radius 3 is 3.04 bits per heavy atom. The number of fused-ring (bicyclic) bond motifs is 1. The molecule has 25 heavy (non-hydrogen) atoms. The van der Waals surface area contributed by atoms with E-state index >= 15 is 0 Å². The highest BCUT2D eigenvalue weighted by atomic mass is 16.5. The number of benzene rings is 2. The second kappa shape index (κ2) is 7.04. The van der Waals surface area contributed by atoms with Crippen LogP contribution in [0.3, 0.4) is 0 Å². The van der Waals surface area contributed by atoms with E-state index in [4.69, 9.17) is 4.74 Å². The molecule has 6 heteroatoms. The molecule has 1 fully saturated rings. The molecule has 1 atom stereocenters. The van der Waals surface area contributed by atoms with E-state index in [1.54, 1.807) is 6.20 Å². The average Bonchev–Trinajstić information content (AvgIpc) is 3.10. The van der Waals surface area contributed by atoms with Gasteiger partial charge in [-0.05, 0) is 23.8 Å². The number of amides is 1. The van der Waals surface area contributed by atoms with Gasteiger partial charge in [0.1, 0.15) is 6.10 Å². The molecule has 0 bridgehead atoms. The highest BCUT2D eigenvalue weighted by Crippen LogP contribution is 2.18. The zero-order chi connectivity index (χ0) is 17.1. The predicted octanol–water partition coefficient (Wildman–Crippen LogP) is 2.40. The number of ether oxygens (including phenoxy) is 1. The minimum Gasteiger partial charge on any atom is -0.366 e. The zero-order valence-electron chi connectivity index (χ0n) is 13.8. The fourth-order valence-corrected chi connectivity index (χ4v) is 3.08. The minimum absolute atomic E-state index is 0.114. The Balaban J connectivity index is 1.39. The van der Waals surface area contributed by atoms with Crippen LogP contribution in [0.1, 0.15) is 5.56 Å². The van der Waals surface area contributed by atoms with Crippen molar-refractivity contribution in [3.8, 4) is 0 Å². The van der Waals surface area contributed by atoms with Gasteiger partial charge in [0.05, 0.1) is 18.3 Å². The van der Waals surface area contributed by atoms with E-state index < -0.39 is 6.10 Å². The maximum Gasteiger partial charge on any atom is 0.254 e. The molecule has 0 spiro atoms. The van der Waals surface area contributed by atoms with Gasteiger partial charge in [0.15, 0.2) is 0 Å². The van der Waals surface area contributed by atoms with Crippen LogP contribution >= 0.6 is 0 Å². The van der Waals surface area contributed by atoms with Crippen molar-refractivity contribution in [3.63, 3.8) is 0 Å². The number of hydrogen-bond donors (Lipinski definition) is 2. The highest BCUT2D eigenvalue weighted by Gasteiger charge is 2.26. The van der Waals surface area contributed by atoms with Crippen LogP contribution in [0.25, 0.3) is 10.9 Å². The summed E-state index contributed by atoms with van der Waals surface area (Å²) in [5.41, 5.74) is 2.88. The quantitative estimate of drug-likeness (QED) is 0.767. The fourth-order valence-electron chi connectivity index (χ4n) is 3.08. The first-order valence-corrected chi connectivity index (χ1v) is 8.40. The first kappa shape index (κ1) is 15.8. The molecule has 0 radical (unpaired) electrons. The second-order valence-corrected chi connectivity index (χ2v) is 6.24. The summed E-state index contributed by atoms with van der Waals surface area (Å²) in [5.74, 6) is -0.114. The van der Waals surface area contributed by atoms with E-state index in [1.807, 2.05) is 36.4 Å². The molecule has 2 heterocycles. The predicted molar refractivity (Wildman–Crippen MR) is 96.2 cm³/mol. The summed E-state index contributed by atoms with van der Waals surface area (Å²) >= 11 is 0. The van der Waals surface area contributed by atoms with E-state index in [9.17, 15) is 4.79 Å². The smallest absolute Gasteiger partial charge is 0.254 e. The van der Waals surface area contributed by atoms with Gasteiger partial charge in [0, 0.05) is 30.7 Å². The summed E-state index contributed by atoms with van der Waals surface area (Å²) in [4.78, 5) is 14.8. The van der Waals surface area contributed by atoms with E-state index in [0.29, 0.717) is 13.2 Å². The highest BCUT2D eigenvalue weighted by molar-refractivity contribution is 5.96. The maximum atomic E-state index is 12.6. The lowest BCUT2D eigenvalue weighted by molar-refractivity contribution is -0.133. The topological polar surface area (TPSA) is 70.2 Å². The molecule has 1 aliphatic rings. The van der Waals surface area contributed by atoms with Crippen molar-refractivity contribution in [3.05, 3.63) is 60.3 Å². The Bertz CT molecular complexity index is 862. The van der Waals surface area contributed by atoms with E-state index in [-0.39, 0.29) is 5.91 Å². The number of carbonyl (C=O) groups excluding carboxylic acids is 1. The van der Waals surface area contributed by atoms with Gasteiger partial charge in [-0.3, -0.25) is 14.8 Å². The molecule has 0 saturated carbocycles. The largest absolute Gasteiger partial charge is 0.366 e. The molecule has 128 valence electrons. The van der Waals surface area contributed by atoms with Crippen LogP contribution < -0.4 is 5.32 Å². The summed E-state index contributed by atoms with van der Waals surface area (Å²) < 4.78 is 5.68. The number of rotatable bonds is 4. The van der Waals surface area contributed by atoms with E-state index in [0.717, 1.165) is 29.7 Å². The van der Waals surface area contributed by atoms with Crippen molar-refractivity contribution in [2.24, 2.45) is 0 Å². The number of aromatic nitrogens is 2. The third-order valence-electron chi connectivity index (χ3n) is 4.40. The number of carbonyl (C=O) groups is 1. The standard InChI is InChI=1S/C19H20N4O2/c24-19(21-16-7-6-15-11-20-22-17(15)10-16)18-13-23(8-9-25-18)12-14-4-2-1-3-5-14/h1-7,10-11,18H,8-9,12-13H2,(H,20,22)(H,21,24). The van der Waals surface area contributed by atoms with Crippen LogP contribution in [0, 0.1) is 0 Å². The van der Waals surface area contributed by atoms with Crippen LogP contribution in [0.4, 0.5) is 5.69 Å². The van der Waals surface area contributed by atoms with Gasteiger partial charge >= 0.3 is 0 Å². The monoisotopic (exact) mass is 336 g/mol. The normalized spacial score (nSPS) is 18.3. The first-order chi connectivity index (χ1) is 12.3. The first-order valence-electron chi connectivity index (χ1n) is 8.40. The molecule has 1 aliphatic heterocycles. The molecular weight excluding hydrogens is 316 g/mol. The summed E-state index contributed by atoms with van der Waals surface area (Å²) in [5, 5.41) is 10.9. The van der Waals surface area contributed by atoms with Crippen molar-refractivity contribution >= 4 is 22.5 Å². The van der Waals surface area contributed by atoms with Crippen molar-refractivity contribution in [2.75, 3.05) is 25.0 Å². The van der Waals surface area contributed by atoms with Crippen molar-refractivity contribution < 1.29 is 9.53 Å². The molecule has 6 nitrogen and oxygen atoms in total. The number of morpholine rings is 1. The van der Waals surface area contributed by atoms with Gasteiger partial charge in [0.2, 0.25) is 0 Å². The lowest BCUT2D eigenvalue weighted by atomic mass is 10.1. The van der Waals surface area contributed by atoms with Gasteiger partial charge in [-0.1, -0.05) is 30.3 Å². The zero-order valence-corrected chi connectivity index (χ0v) is 13.8. The van der Waals surface area contributed by atoms with Gasteiger partial charge in [0.25, 0.3) is 5.91 Å². The van der Waals surface area contributed by atoms with Crippen LogP contribution in [0.5, 0.6) is 0 Å². The molecule has 2 aromatic carbocycles. The minimum atomic E-state index is -0.463. The Labute approximate surface area is 145 Å². The molecule has 1 amide bonds. The molecule has 1 aromatic heterocycles. The lowest BCUT2D eigenvalue weighted by Gasteiger charge is -2.32. The number of hydrogen-bond acceptors (Lipinski definition) is 4. The average molecular weight is 336 g/mol. The molecule has 2 N–H and O–H groups in total. The number of H-pyrrole nitrogens is 1. The SMILES string of the molecule is O=C(Nc1ccc2cn[nH]c2c1)C1CN(Cc2ccccc2)CCO1. The number of aromatic amines is 1. The molecule has 3 aromatic rings. The Kier molecular flexibility index (Phi) is 4.45. The summed E-state index contributed by atoms with van der Waals surface area (Å²) in [6.07, 6.45) is 1.29. The third-order valence-corrected chi connectivity index (χ3v) is 4.40. The Hall–Kier alpha value is -2.70. The molecule has 0 aliphatic carbocycles. The Morgan fingerprint density at radius 1 is 1.28 bits per heavy atom. The van der Waals surface area contributed by atoms with E-state index in [1.165, 1.54) is 5.56 Å². The number of nitrogens with zero attached hydrogens (tertiary/aromatic N) is 2. The number of anilines is 1. The summed E-state index contributed by atoms with van der Waals surface area (Å²) in [7, 11) is 0. The van der Waals surface area contributed by atoms with E-state index in [2.05, 4.69) is 32.5 Å². The molecular formula is C19H20N4O2. The van der Waals surface area contributed by atoms with Crippen molar-refractivity contribution in [2.45, 2.75) is 12.6 Å². The van der Waals surface area contributed by atoms with Gasteiger partial charge < -0.3 is 10.1 Å². The lowest BCUT2D eigenvalue weighted by Crippen LogP contribution is -2.47. The van der Waals surface area contributed by atoms with Gasteiger partial charge in [-0.15, -0.1) is 0 Å².